The number of halogens is 3. The second kappa shape index (κ2) is 14.2. The molecule has 4 rings (SSSR count). The number of allylic oxidation sites excluding steroid dienone is 4. The Hall–Kier alpha value is -3.53. The maximum atomic E-state index is 12.8. The Labute approximate surface area is 230 Å². The van der Waals surface area contributed by atoms with Crippen molar-refractivity contribution >= 4 is 28.8 Å². The van der Waals surface area contributed by atoms with Gasteiger partial charge in [-0.3, -0.25) is 9.69 Å². The van der Waals surface area contributed by atoms with E-state index >= 15 is 0 Å². The molecule has 0 aromatic heterocycles. The molecule has 0 spiro atoms. The van der Waals surface area contributed by atoms with Gasteiger partial charge in [-0.25, -0.2) is 9.79 Å². The number of carboxylic acids is 1. The Morgan fingerprint density at radius 2 is 1.82 bits per heavy atom. The summed E-state index contributed by atoms with van der Waals surface area (Å²) in [6.07, 6.45) is 5.60. The van der Waals surface area contributed by atoms with Crippen molar-refractivity contribution in [2.24, 2.45) is 4.99 Å². The van der Waals surface area contributed by atoms with Gasteiger partial charge in [0.05, 0.1) is 19.3 Å². The van der Waals surface area contributed by atoms with Gasteiger partial charge in [0.1, 0.15) is 17.5 Å². The van der Waals surface area contributed by atoms with Crippen molar-refractivity contribution < 1.29 is 38.1 Å². The molecule has 1 amide bonds. The first kappa shape index (κ1) is 31.0. The van der Waals surface area contributed by atoms with Crippen LogP contribution in [0.4, 0.5) is 18.9 Å². The Morgan fingerprint density at radius 1 is 1.15 bits per heavy atom. The third-order valence-corrected chi connectivity index (χ3v) is 7.23. The third-order valence-electron chi connectivity index (χ3n) is 7.23. The number of anilines is 1. The van der Waals surface area contributed by atoms with E-state index < -0.39 is 12.1 Å². The highest BCUT2D eigenvalue weighted by molar-refractivity contribution is 6.44. The molecule has 12 heteroatoms. The van der Waals surface area contributed by atoms with Crippen molar-refractivity contribution in [3.63, 3.8) is 0 Å². The second-order valence-electron chi connectivity index (χ2n) is 9.83. The second-order valence-corrected chi connectivity index (χ2v) is 9.83. The number of carbonyl (C=O) groups is 2. The van der Waals surface area contributed by atoms with Crippen LogP contribution in [0.5, 0.6) is 0 Å². The predicted molar refractivity (Wildman–Crippen MR) is 142 cm³/mol. The summed E-state index contributed by atoms with van der Waals surface area (Å²) in [6, 6.07) is 8.15. The zero-order valence-electron chi connectivity index (χ0n) is 22.0. The Kier molecular flexibility index (Phi) is 11.0. The number of likely N-dealkylation sites (tertiary alicyclic amines) is 1. The summed E-state index contributed by atoms with van der Waals surface area (Å²) < 4.78 is 31.7. The van der Waals surface area contributed by atoms with Gasteiger partial charge in [0.25, 0.3) is 5.91 Å². The number of alkyl halides is 3. The van der Waals surface area contributed by atoms with Gasteiger partial charge in [-0.15, -0.1) is 0 Å². The van der Waals surface area contributed by atoms with E-state index in [0.717, 1.165) is 56.4 Å². The summed E-state index contributed by atoms with van der Waals surface area (Å²) in [5, 5.41) is 38.1. The number of aliphatic carboxylic acids is 1. The molecule has 2 heterocycles. The normalized spacial score (nSPS) is 18.2. The number of carboxylic acid groups (broad SMARTS) is 1. The van der Waals surface area contributed by atoms with Crippen LogP contribution in [0.2, 0.25) is 0 Å². The summed E-state index contributed by atoms with van der Waals surface area (Å²) >= 11 is 0. The monoisotopic (exact) mass is 562 g/mol. The fourth-order valence-electron chi connectivity index (χ4n) is 5.00. The molecule has 0 saturated carbocycles. The maximum absolute atomic E-state index is 12.8. The van der Waals surface area contributed by atoms with E-state index in [-0.39, 0.29) is 25.2 Å². The molecule has 1 aliphatic carbocycles. The van der Waals surface area contributed by atoms with Crippen LogP contribution in [0.25, 0.3) is 5.57 Å². The number of amides is 1. The molecule has 216 valence electrons. The van der Waals surface area contributed by atoms with Crippen LogP contribution >= 0.6 is 0 Å². The molecule has 0 atom stereocenters. The number of hydrogen-bond donors (Lipinski definition) is 4. The molecule has 1 saturated heterocycles. The highest BCUT2D eigenvalue weighted by atomic mass is 19.4. The highest BCUT2D eigenvalue weighted by Crippen LogP contribution is 2.36. The Morgan fingerprint density at radius 3 is 2.35 bits per heavy atom. The van der Waals surface area contributed by atoms with E-state index in [1.54, 1.807) is 6.08 Å². The summed E-state index contributed by atoms with van der Waals surface area (Å²) in [5.74, 6) is -2.60. The maximum Gasteiger partial charge on any atom is 0.490 e. The number of hydrogen-bond acceptors (Lipinski definition) is 7. The fourth-order valence-corrected chi connectivity index (χ4v) is 5.00. The molecular weight excluding hydrogens is 529 g/mol. The average molecular weight is 563 g/mol. The molecule has 4 N–H and O–H groups in total. The first-order valence-electron chi connectivity index (χ1n) is 13.2. The molecule has 9 nitrogen and oxygen atoms in total. The zero-order valence-corrected chi connectivity index (χ0v) is 22.0. The number of nitriles is 1. The lowest BCUT2D eigenvalue weighted by Crippen LogP contribution is -2.44. The molecule has 0 unspecified atom stereocenters. The van der Waals surface area contributed by atoms with Gasteiger partial charge in [-0.2, -0.15) is 18.4 Å². The van der Waals surface area contributed by atoms with Crippen LogP contribution in [-0.2, 0) is 9.59 Å². The number of aliphatic hydroxyl groups excluding tert-OH is 2. The van der Waals surface area contributed by atoms with Gasteiger partial charge in [0.2, 0.25) is 0 Å². The Balaban J connectivity index is 0.000000559. The van der Waals surface area contributed by atoms with Crippen LogP contribution < -0.4 is 5.32 Å². The van der Waals surface area contributed by atoms with Gasteiger partial charge in [0, 0.05) is 17.7 Å². The van der Waals surface area contributed by atoms with E-state index in [9.17, 15) is 28.2 Å². The number of carbonyl (C=O) groups excluding carboxylic acids is 1. The largest absolute Gasteiger partial charge is 0.490 e. The van der Waals surface area contributed by atoms with Crippen LogP contribution in [0, 0.1) is 11.3 Å². The van der Waals surface area contributed by atoms with Crippen molar-refractivity contribution in [3.05, 3.63) is 47.2 Å². The summed E-state index contributed by atoms with van der Waals surface area (Å²) in [5.41, 5.74) is 5.09. The van der Waals surface area contributed by atoms with Crippen LogP contribution in [0.1, 0.15) is 62.0 Å². The van der Waals surface area contributed by atoms with Crippen molar-refractivity contribution in [2.45, 2.75) is 63.1 Å². The molecular formula is C28H33F3N4O5. The van der Waals surface area contributed by atoms with Gasteiger partial charge in [0.15, 0.2) is 0 Å². The number of benzene rings is 1. The number of nitrogens with zero attached hydrogens (tertiary/aromatic N) is 3. The lowest BCUT2D eigenvalue weighted by Gasteiger charge is -2.36. The number of aliphatic imine (C=N–C) groups is 1. The van der Waals surface area contributed by atoms with Gasteiger partial charge in [-0.05, 0) is 86.9 Å². The third kappa shape index (κ3) is 8.24. The molecule has 0 radical (unpaired) electrons. The number of aliphatic hydroxyl groups is 2. The first-order valence-corrected chi connectivity index (χ1v) is 13.2. The van der Waals surface area contributed by atoms with E-state index in [2.05, 4.69) is 33.4 Å². The van der Waals surface area contributed by atoms with Crippen molar-refractivity contribution in [3.8, 4) is 6.07 Å². The van der Waals surface area contributed by atoms with E-state index in [1.165, 1.54) is 17.6 Å². The smallest absolute Gasteiger partial charge is 0.475 e. The van der Waals surface area contributed by atoms with Crippen LogP contribution in [0.15, 0.2) is 41.0 Å². The zero-order chi connectivity index (χ0) is 29.3. The Bertz CT molecular complexity index is 1210. The molecule has 1 fully saturated rings. The standard InChI is InChI=1S/C26H32N4O3.C2HF3O2/c27-15-21-7-9-25(28-21)26(33)29-24-8-6-20(14-23(24)19-4-2-1-3-5-19)18-10-12-30(13-11-18)22(16-31)17-32;3-2(4,5)1(6)7/h4,6-8,14,18,22,31-32H,1-3,5,9-13,16-17H2,(H,29,33);(H,6,7). The van der Waals surface area contributed by atoms with Gasteiger partial charge in [-0.1, -0.05) is 12.1 Å². The quantitative estimate of drug-likeness (QED) is 0.393. The molecule has 1 aromatic carbocycles. The molecule has 3 aliphatic rings. The van der Waals surface area contributed by atoms with Gasteiger partial charge >= 0.3 is 12.1 Å². The molecule has 1 aromatic rings. The summed E-state index contributed by atoms with van der Waals surface area (Å²) in [6.45, 7) is 1.65. The fraction of sp³-hybridized carbons (Fsp3) is 0.500. The number of nitrogens with one attached hydrogen (secondary N) is 1. The lowest BCUT2D eigenvalue weighted by molar-refractivity contribution is -0.192. The topological polar surface area (TPSA) is 146 Å². The van der Waals surface area contributed by atoms with Crippen molar-refractivity contribution in [1.29, 1.82) is 5.26 Å². The molecule has 0 bridgehead atoms. The molecule has 40 heavy (non-hydrogen) atoms. The van der Waals surface area contributed by atoms with E-state index in [4.69, 9.17) is 15.2 Å². The molecule has 2 aliphatic heterocycles. The lowest BCUT2D eigenvalue weighted by atomic mass is 9.85. The number of piperidine rings is 1. The minimum Gasteiger partial charge on any atom is -0.475 e. The SMILES string of the molecule is N#CC1=CCC(C(=O)Nc2ccc(C3CCN(C(CO)CO)CC3)cc2C2=CCCCC2)=N1.O=C(O)C(F)(F)F. The predicted octanol–water partition coefficient (Wildman–Crippen LogP) is 4.00. The van der Waals surface area contributed by atoms with Gasteiger partial charge < -0.3 is 20.6 Å². The average Bonchev–Trinajstić information content (AvgIpc) is 3.44. The van der Waals surface area contributed by atoms with Crippen LogP contribution in [0.3, 0.4) is 0 Å². The van der Waals surface area contributed by atoms with E-state index in [1.807, 2.05) is 12.1 Å². The highest BCUT2D eigenvalue weighted by Gasteiger charge is 2.38. The minimum atomic E-state index is -5.08. The van der Waals surface area contributed by atoms with Crippen LogP contribution in [-0.4, -0.2) is 76.3 Å². The van der Waals surface area contributed by atoms with Crippen molar-refractivity contribution in [2.75, 3.05) is 31.6 Å². The van der Waals surface area contributed by atoms with Crippen molar-refractivity contribution in [1.82, 2.24) is 4.90 Å². The number of rotatable bonds is 7. The summed E-state index contributed by atoms with van der Waals surface area (Å²) in [4.78, 5) is 28.0. The summed E-state index contributed by atoms with van der Waals surface area (Å²) in [7, 11) is 0. The minimum absolute atomic E-state index is 0.0233. The van der Waals surface area contributed by atoms with E-state index in [0.29, 0.717) is 23.7 Å². The first-order chi connectivity index (χ1) is 19.1.